The third-order valence-electron chi connectivity index (χ3n) is 4.74. The fraction of sp³-hybridized carbons (Fsp3) is 0.364. The molecule has 0 saturated heterocycles. The van der Waals surface area contributed by atoms with Crippen LogP contribution in [0, 0.1) is 5.41 Å². The van der Waals surface area contributed by atoms with E-state index in [2.05, 4.69) is 5.10 Å². The molecule has 9 heteroatoms. The number of carbonyl (C=O) groups is 1. The minimum atomic E-state index is -1.11. The number of halogens is 4. The molecule has 2 aromatic carbocycles. The Bertz CT molecular complexity index is 932. The predicted octanol–water partition coefficient (Wildman–Crippen LogP) is 6.00. The molecule has 5 nitrogen and oxygen atoms in total. The summed E-state index contributed by atoms with van der Waals surface area (Å²) in [5.41, 5.74) is 5.40. The molecule has 2 N–H and O–H groups in total. The summed E-state index contributed by atoms with van der Waals surface area (Å²) in [6.07, 6.45) is 1.13. The summed E-state index contributed by atoms with van der Waals surface area (Å²) in [4.78, 5) is 13.4. The molecule has 1 heterocycles. The summed E-state index contributed by atoms with van der Waals surface area (Å²) < 4.78 is 6.44. The van der Waals surface area contributed by atoms with Crippen LogP contribution in [0.25, 0.3) is 0 Å². The molecule has 1 aliphatic rings. The Balaban J connectivity index is 0.00000240. The van der Waals surface area contributed by atoms with Crippen molar-refractivity contribution < 1.29 is 9.53 Å². The third-order valence-corrected chi connectivity index (χ3v) is 5.30. The fourth-order valence-corrected chi connectivity index (χ4v) is 3.59. The molecule has 1 amide bonds. The molecule has 0 saturated carbocycles. The maximum Gasteiger partial charge on any atom is 0.251 e. The number of ether oxygens (including phenoxy) is 1. The smallest absolute Gasteiger partial charge is 0.251 e. The molecule has 0 aliphatic carbocycles. The van der Waals surface area contributed by atoms with Gasteiger partial charge in [-0.3, -0.25) is 4.79 Å². The Kier molecular flexibility index (Phi) is 9.67. The van der Waals surface area contributed by atoms with Crippen LogP contribution in [0.4, 0.5) is 0 Å². The maximum absolute atomic E-state index is 13.4. The Labute approximate surface area is 205 Å². The molecular weight excluding hydrogens is 480 g/mol. The normalized spacial score (nSPS) is 17.9. The van der Waals surface area contributed by atoms with Gasteiger partial charge in [0, 0.05) is 22.4 Å². The highest BCUT2D eigenvalue weighted by atomic mass is 35.5. The van der Waals surface area contributed by atoms with E-state index in [1.165, 1.54) is 5.01 Å². The second-order valence-electron chi connectivity index (χ2n) is 8.04. The van der Waals surface area contributed by atoms with Crippen LogP contribution in [-0.2, 0) is 15.3 Å². The van der Waals surface area contributed by atoms with Crippen molar-refractivity contribution in [3.63, 3.8) is 0 Å². The Hall–Kier alpha value is -1.50. The quantitative estimate of drug-likeness (QED) is 0.541. The van der Waals surface area contributed by atoms with Gasteiger partial charge in [-0.2, -0.15) is 5.01 Å². The molecule has 0 spiro atoms. The van der Waals surface area contributed by atoms with Gasteiger partial charge in [0.15, 0.2) is 0 Å². The minimum absolute atomic E-state index is 0. The fourth-order valence-electron chi connectivity index (χ4n) is 3.22. The first-order chi connectivity index (χ1) is 13.7. The van der Waals surface area contributed by atoms with E-state index in [0.29, 0.717) is 35.0 Å². The second kappa shape index (κ2) is 10.9. The number of amides is 1. The molecule has 170 valence electrons. The van der Waals surface area contributed by atoms with Gasteiger partial charge >= 0.3 is 0 Å². The van der Waals surface area contributed by atoms with Crippen LogP contribution in [0.5, 0.6) is 0 Å². The van der Waals surface area contributed by atoms with Gasteiger partial charge in [0.1, 0.15) is 0 Å². The molecule has 1 atom stereocenters. The standard InChI is InChI=1S/C22H25Cl2N3O2.2ClH/c1-21(2,3)20(28)27-22(12-7-13-25,15-8-5-4-6-9-15)29-19(26-27)17-14-16(23)10-11-18(17)24;;/h4-6,8-11,14H,7,12-13,25H2,1-3H3;2*1H. The molecule has 3 rings (SSSR count). The van der Waals surface area contributed by atoms with E-state index in [1.807, 2.05) is 51.1 Å². The average Bonchev–Trinajstić information content (AvgIpc) is 3.08. The van der Waals surface area contributed by atoms with Gasteiger partial charge in [-0.25, -0.2) is 0 Å². The van der Waals surface area contributed by atoms with Gasteiger partial charge in [-0.05, 0) is 31.2 Å². The first kappa shape index (κ1) is 27.5. The summed E-state index contributed by atoms with van der Waals surface area (Å²) in [6.45, 7) is 6.03. The van der Waals surface area contributed by atoms with Crippen LogP contribution in [0.2, 0.25) is 10.0 Å². The van der Waals surface area contributed by atoms with Crippen molar-refractivity contribution in [2.75, 3.05) is 6.54 Å². The predicted molar refractivity (Wildman–Crippen MR) is 131 cm³/mol. The zero-order valence-corrected chi connectivity index (χ0v) is 20.7. The lowest BCUT2D eigenvalue weighted by Crippen LogP contribution is -2.49. The molecule has 31 heavy (non-hydrogen) atoms. The van der Waals surface area contributed by atoms with Crippen molar-refractivity contribution in [1.29, 1.82) is 0 Å². The van der Waals surface area contributed by atoms with Crippen molar-refractivity contribution in [2.24, 2.45) is 16.3 Å². The molecule has 1 unspecified atom stereocenters. The number of nitrogens with two attached hydrogens (primary N) is 1. The number of hydrazone groups is 1. The van der Waals surface area contributed by atoms with Crippen molar-refractivity contribution in [3.05, 3.63) is 69.7 Å². The summed E-state index contributed by atoms with van der Waals surface area (Å²) in [7, 11) is 0. The SMILES string of the molecule is CC(C)(C)C(=O)N1N=C(c2cc(Cl)ccc2Cl)OC1(CCCN)c1ccccc1.Cl.Cl. The van der Waals surface area contributed by atoms with Gasteiger partial charge in [0.05, 0.1) is 10.6 Å². The average molecular weight is 507 g/mol. The topological polar surface area (TPSA) is 67.9 Å². The van der Waals surface area contributed by atoms with Crippen LogP contribution in [0.15, 0.2) is 53.6 Å². The van der Waals surface area contributed by atoms with Crippen LogP contribution in [0.3, 0.4) is 0 Å². The highest BCUT2D eigenvalue weighted by molar-refractivity contribution is 6.35. The first-order valence-corrected chi connectivity index (χ1v) is 10.3. The molecular formula is C22H27Cl4N3O2. The van der Waals surface area contributed by atoms with E-state index in [9.17, 15) is 4.79 Å². The lowest BCUT2D eigenvalue weighted by molar-refractivity contribution is -0.161. The van der Waals surface area contributed by atoms with Crippen LogP contribution < -0.4 is 5.73 Å². The highest BCUT2D eigenvalue weighted by Gasteiger charge is 2.51. The number of hydrogen-bond donors (Lipinski definition) is 1. The monoisotopic (exact) mass is 505 g/mol. The molecule has 0 radical (unpaired) electrons. The Morgan fingerprint density at radius 2 is 1.77 bits per heavy atom. The maximum atomic E-state index is 13.4. The summed E-state index contributed by atoms with van der Waals surface area (Å²) in [5, 5.41) is 7.00. The molecule has 2 aromatic rings. The first-order valence-electron chi connectivity index (χ1n) is 9.52. The summed E-state index contributed by atoms with van der Waals surface area (Å²) >= 11 is 12.6. The second-order valence-corrected chi connectivity index (χ2v) is 8.88. The van der Waals surface area contributed by atoms with Gasteiger partial charge in [0.25, 0.3) is 5.91 Å². The van der Waals surface area contributed by atoms with E-state index in [1.54, 1.807) is 18.2 Å². The van der Waals surface area contributed by atoms with Gasteiger partial charge in [-0.15, -0.1) is 29.9 Å². The van der Waals surface area contributed by atoms with Crippen LogP contribution in [0.1, 0.15) is 44.7 Å². The molecule has 1 aliphatic heterocycles. The van der Waals surface area contributed by atoms with Gasteiger partial charge in [0.2, 0.25) is 11.6 Å². The van der Waals surface area contributed by atoms with Crippen molar-refractivity contribution in [1.82, 2.24) is 5.01 Å². The zero-order valence-electron chi connectivity index (χ0n) is 17.6. The number of nitrogens with zero attached hydrogens (tertiary/aromatic N) is 2. The van der Waals surface area contributed by atoms with E-state index in [0.717, 1.165) is 5.56 Å². The van der Waals surface area contributed by atoms with E-state index in [-0.39, 0.29) is 36.6 Å². The Morgan fingerprint density at radius 1 is 1.13 bits per heavy atom. The van der Waals surface area contributed by atoms with Crippen molar-refractivity contribution >= 4 is 59.8 Å². The minimum Gasteiger partial charge on any atom is -0.443 e. The molecule has 0 aromatic heterocycles. The van der Waals surface area contributed by atoms with E-state index >= 15 is 0 Å². The Morgan fingerprint density at radius 3 is 2.35 bits per heavy atom. The summed E-state index contributed by atoms with van der Waals surface area (Å²) in [5.74, 6) is 0.0995. The number of benzene rings is 2. The van der Waals surface area contributed by atoms with Gasteiger partial charge < -0.3 is 10.5 Å². The summed E-state index contributed by atoms with van der Waals surface area (Å²) in [6, 6.07) is 14.7. The van der Waals surface area contributed by atoms with Crippen molar-refractivity contribution in [3.8, 4) is 0 Å². The van der Waals surface area contributed by atoms with E-state index in [4.69, 9.17) is 33.7 Å². The van der Waals surface area contributed by atoms with Gasteiger partial charge in [-0.1, -0.05) is 74.3 Å². The molecule has 0 fully saturated rings. The zero-order chi connectivity index (χ0) is 21.2. The van der Waals surface area contributed by atoms with Crippen molar-refractivity contribution in [2.45, 2.75) is 39.3 Å². The van der Waals surface area contributed by atoms with Crippen LogP contribution in [-0.4, -0.2) is 23.4 Å². The number of hydrogen-bond acceptors (Lipinski definition) is 4. The number of carbonyl (C=O) groups excluding carboxylic acids is 1. The highest BCUT2D eigenvalue weighted by Crippen LogP contribution is 2.43. The third kappa shape index (κ3) is 5.65. The lowest BCUT2D eigenvalue weighted by Gasteiger charge is -2.38. The van der Waals surface area contributed by atoms with Crippen LogP contribution >= 0.6 is 48.0 Å². The van der Waals surface area contributed by atoms with E-state index < -0.39 is 11.1 Å². The largest absolute Gasteiger partial charge is 0.443 e. The lowest BCUT2D eigenvalue weighted by atomic mass is 9.91. The number of rotatable bonds is 5. The molecule has 0 bridgehead atoms.